The highest BCUT2D eigenvalue weighted by Crippen LogP contribution is 2.37. The summed E-state index contributed by atoms with van der Waals surface area (Å²) in [5.41, 5.74) is 1.78. The molecule has 1 aromatic heterocycles. The number of fused-ring (bicyclic) bond motifs is 1. The third kappa shape index (κ3) is 5.78. The van der Waals surface area contributed by atoms with Crippen LogP contribution in [0.4, 0.5) is 9.39 Å². The number of thiophene rings is 1. The van der Waals surface area contributed by atoms with Gasteiger partial charge in [-0.15, -0.1) is 11.3 Å². The van der Waals surface area contributed by atoms with E-state index in [1.54, 1.807) is 29.5 Å². The summed E-state index contributed by atoms with van der Waals surface area (Å²) in [6.07, 6.45) is 5.69. The normalized spacial score (nSPS) is 13.4. The van der Waals surface area contributed by atoms with Crippen molar-refractivity contribution in [1.82, 2.24) is 4.90 Å². The largest absolute Gasteiger partial charge is 0.489 e. The number of halogens is 1. The van der Waals surface area contributed by atoms with Gasteiger partial charge in [0.1, 0.15) is 17.7 Å². The van der Waals surface area contributed by atoms with Crippen LogP contribution in [0.5, 0.6) is 5.75 Å². The minimum absolute atomic E-state index is 0.0974. The van der Waals surface area contributed by atoms with E-state index in [1.807, 2.05) is 11.9 Å². The summed E-state index contributed by atoms with van der Waals surface area (Å²) in [4.78, 5) is 15.6. The fourth-order valence-electron chi connectivity index (χ4n) is 3.42. The number of benzene rings is 1. The van der Waals surface area contributed by atoms with Crippen molar-refractivity contribution in [1.29, 1.82) is 5.26 Å². The zero-order valence-electron chi connectivity index (χ0n) is 16.7. The van der Waals surface area contributed by atoms with Crippen molar-refractivity contribution in [3.05, 3.63) is 46.1 Å². The predicted octanol–water partition coefficient (Wildman–Crippen LogP) is 4.37. The Morgan fingerprint density at radius 2 is 2.07 bits per heavy atom. The third-order valence-electron chi connectivity index (χ3n) is 5.07. The maximum atomic E-state index is 13.5. The highest BCUT2D eigenvalue weighted by Gasteiger charge is 2.21. The lowest BCUT2D eigenvalue weighted by Crippen LogP contribution is -2.28. The molecule has 154 valence electrons. The van der Waals surface area contributed by atoms with Crippen LogP contribution in [0.15, 0.2) is 24.3 Å². The van der Waals surface area contributed by atoms with Gasteiger partial charge in [-0.3, -0.25) is 4.79 Å². The summed E-state index contributed by atoms with van der Waals surface area (Å²) in [5.74, 6) is -0.239. The van der Waals surface area contributed by atoms with Gasteiger partial charge in [-0.2, -0.15) is 5.26 Å². The second-order valence-electron chi connectivity index (χ2n) is 7.26. The smallest absolute Gasteiger partial charge is 0.226 e. The fourth-order valence-corrected chi connectivity index (χ4v) is 4.67. The topological polar surface area (TPSA) is 65.4 Å². The first-order valence-electron chi connectivity index (χ1n) is 9.99. The van der Waals surface area contributed by atoms with Crippen molar-refractivity contribution in [2.24, 2.45) is 0 Å². The summed E-state index contributed by atoms with van der Waals surface area (Å²) in [6.45, 7) is 1.48. The molecule has 0 fully saturated rings. The minimum atomic E-state index is -0.378. The van der Waals surface area contributed by atoms with Gasteiger partial charge in [-0.05, 0) is 50.4 Å². The molecule has 3 rings (SSSR count). The Morgan fingerprint density at radius 1 is 1.28 bits per heavy atom. The second-order valence-corrected chi connectivity index (χ2v) is 8.37. The van der Waals surface area contributed by atoms with Crippen LogP contribution in [0.2, 0.25) is 0 Å². The number of nitrogens with one attached hydrogen (secondary N) is 1. The molecule has 1 aliphatic rings. The number of likely N-dealkylation sites (N-methyl/N-ethyl adjacent to an activating group) is 1. The van der Waals surface area contributed by atoms with Crippen LogP contribution in [0.1, 0.15) is 41.7 Å². The van der Waals surface area contributed by atoms with Crippen LogP contribution < -0.4 is 10.1 Å². The molecule has 2 aromatic rings. The number of para-hydroxylation sites is 1. The summed E-state index contributed by atoms with van der Waals surface area (Å²) in [6, 6.07) is 8.60. The molecule has 7 heteroatoms. The molecule has 5 nitrogen and oxygen atoms in total. The van der Waals surface area contributed by atoms with Crippen molar-refractivity contribution in [3.63, 3.8) is 0 Å². The maximum Gasteiger partial charge on any atom is 0.226 e. The van der Waals surface area contributed by atoms with Gasteiger partial charge in [0, 0.05) is 24.4 Å². The summed E-state index contributed by atoms with van der Waals surface area (Å²) in [7, 11) is 1.89. The predicted molar refractivity (Wildman–Crippen MR) is 113 cm³/mol. The van der Waals surface area contributed by atoms with Gasteiger partial charge in [0.2, 0.25) is 5.91 Å². The first-order valence-corrected chi connectivity index (χ1v) is 10.8. The van der Waals surface area contributed by atoms with Gasteiger partial charge in [-0.25, -0.2) is 4.39 Å². The van der Waals surface area contributed by atoms with E-state index in [2.05, 4.69) is 11.4 Å². The Kier molecular flexibility index (Phi) is 7.62. The van der Waals surface area contributed by atoms with E-state index in [-0.39, 0.29) is 17.5 Å². The molecule has 1 aliphatic carbocycles. The number of hydrogen-bond donors (Lipinski definition) is 1. The number of nitrogens with zero attached hydrogens (tertiary/aromatic N) is 2. The fraction of sp³-hybridized carbons (Fsp3) is 0.455. The Balaban J connectivity index is 1.45. The molecule has 29 heavy (non-hydrogen) atoms. The van der Waals surface area contributed by atoms with Gasteiger partial charge >= 0.3 is 0 Å². The van der Waals surface area contributed by atoms with Gasteiger partial charge in [0.05, 0.1) is 5.56 Å². The van der Waals surface area contributed by atoms with Crippen molar-refractivity contribution in [2.45, 2.75) is 38.5 Å². The van der Waals surface area contributed by atoms with Crippen molar-refractivity contribution in [2.75, 3.05) is 32.1 Å². The van der Waals surface area contributed by atoms with E-state index in [0.717, 1.165) is 31.2 Å². The first-order chi connectivity index (χ1) is 14.1. The van der Waals surface area contributed by atoms with Gasteiger partial charge in [-0.1, -0.05) is 18.6 Å². The molecule has 0 saturated heterocycles. The van der Waals surface area contributed by atoms with E-state index < -0.39 is 0 Å². The monoisotopic (exact) mass is 415 g/mol. The van der Waals surface area contributed by atoms with Crippen LogP contribution in [0, 0.1) is 17.1 Å². The molecule has 0 atom stereocenters. The molecule has 1 N–H and O–H groups in total. The summed E-state index contributed by atoms with van der Waals surface area (Å²) < 4.78 is 19.0. The van der Waals surface area contributed by atoms with E-state index >= 15 is 0 Å². The van der Waals surface area contributed by atoms with Crippen LogP contribution in [-0.2, 0) is 17.6 Å². The van der Waals surface area contributed by atoms with E-state index in [0.29, 0.717) is 36.7 Å². The van der Waals surface area contributed by atoms with Crippen molar-refractivity contribution >= 4 is 22.2 Å². The zero-order valence-corrected chi connectivity index (χ0v) is 17.5. The van der Waals surface area contributed by atoms with Crippen LogP contribution in [0.25, 0.3) is 0 Å². The second kappa shape index (κ2) is 10.4. The highest BCUT2D eigenvalue weighted by atomic mass is 32.1. The number of anilines is 1. The lowest BCUT2D eigenvalue weighted by molar-refractivity contribution is -0.116. The Hall–Kier alpha value is -2.43. The molecule has 0 saturated carbocycles. The number of amides is 1. The van der Waals surface area contributed by atoms with Crippen molar-refractivity contribution < 1.29 is 13.9 Å². The molecular formula is C22H26FN3O2S. The van der Waals surface area contributed by atoms with Gasteiger partial charge in [0.25, 0.3) is 0 Å². The number of nitriles is 1. The molecular weight excluding hydrogens is 389 g/mol. The average molecular weight is 416 g/mol. The third-order valence-corrected chi connectivity index (χ3v) is 6.28. The number of hydrogen-bond acceptors (Lipinski definition) is 5. The minimum Gasteiger partial charge on any atom is -0.489 e. The molecule has 0 unspecified atom stereocenters. The molecule has 1 amide bonds. The van der Waals surface area contributed by atoms with Crippen LogP contribution in [-0.4, -0.2) is 37.6 Å². The number of carbonyl (C=O) groups is 1. The standard InChI is InChI=1S/C22H26FN3O2S/c1-26(13-14-28-19-9-6-5-8-18(19)23)12-11-21(27)25-22-17(15-24)16-7-3-2-4-10-20(16)29-22/h5-6,8-9H,2-4,7,10-14H2,1H3,(H,25,27). The lowest BCUT2D eigenvalue weighted by Gasteiger charge is -2.16. The maximum absolute atomic E-state index is 13.5. The Morgan fingerprint density at radius 3 is 2.86 bits per heavy atom. The van der Waals surface area contributed by atoms with Crippen LogP contribution in [0.3, 0.4) is 0 Å². The molecule has 1 heterocycles. The lowest BCUT2D eigenvalue weighted by atomic mass is 10.1. The molecule has 0 aliphatic heterocycles. The Labute approximate surface area is 175 Å². The van der Waals surface area contributed by atoms with E-state index in [4.69, 9.17) is 4.74 Å². The van der Waals surface area contributed by atoms with E-state index in [1.165, 1.54) is 17.4 Å². The van der Waals surface area contributed by atoms with Gasteiger partial charge < -0.3 is 15.0 Å². The number of rotatable bonds is 8. The highest BCUT2D eigenvalue weighted by molar-refractivity contribution is 7.16. The Bertz CT molecular complexity index is 891. The molecule has 0 radical (unpaired) electrons. The number of aryl methyl sites for hydroxylation is 1. The van der Waals surface area contributed by atoms with Crippen molar-refractivity contribution in [3.8, 4) is 11.8 Å². The summed E-state index contributed by atoms with van der Waals surface area (Å²) in [5, 5.41) is 13.2. The van der Waals surface area contributed by atoms with Crippen LogP contribution >= 0.6 is 11.3 Å². The molecule has 0 bridgehead atoms. The number of carbonyl (C=O) groups excluding carboxylic acids is 1. The average Bonchev–Trinajstić information content (AvgIpc) is 2.86. The molecule has 1 aromatic carbocycles. The first kappa shape index (κ1) is 21.3. The summed E-state index contributed by atoms with van der Waals surface area (Å²) >= 11 is 1.55. The quantitative estimate of drug-likeness (QED) is 0.651. The number of ether oxygens (including phenoxy) is 1. The molecule has 0 spiro atoms. The van der Waals surface area contributed by atoms with Gasteiger partial charge in [0.15, 0.2) is 11.6 Å². The zero-order chi connectivity index (χ0) is 20.6. The SMILES string of the molecule is CN(CCOc1ccccc1F)CCC(=O)Nc1sc2c(c1C#N)CCCCC2. The van der Waals surface area contributed by atoms with E-state index in [9.17, 15) is 14.4 Å².